The molecule has 0 radical (unpaired) electrons. The SMILES string of the molecule is C[C@H](NC(=O)OC(C)(C)C)c1nc2c(Cl)cc(F)cc2c(=O)n1[C@H]1C[C@H](OC(=O)c2ccccc2)C1. The van der Waals surface area contributed by atoms with Gasteiger partial charge in [-0.3, -0.25) is 9.36 Å². The number of ether oxygens (including phenoxy) is 2. The van der Waals surface area contributed by atoms with E-state index in [4.69, 9.17) is 21.1 Å². The van der Waals surface area contributed by atoms with Crippen LogP contribution in [0.1, 0.15) is 68.8 Å². The highest BCUT2D eigenvalue weighted by molar-refractivity contribution is 6.35. The smallest absolute Gasteiger partial charge is 0.408 e. The number of esters is 1. The number of halogens is 2. The fraction of sp³-hybridized carbons (Fsp3) is 0.385. The maximum absolute atomic E-state index is 14.1. The number of benzene rings is 2. The van der Waals surface area contributed by atoms with E-state index in [2.05, 4.69) is 10.3 Å². The van der Waals surface area contributed by atoms with Crippen molar-refractivity contribution in [2.24, 2.45) is 0 Å². The Morgan fingerprint density at radius 3 is 2.50 bits per heavy atom. The maximum Gasteiger partial charge on any atom is 0.408 e. The van der Waals surface area contributed by atoms with Gasteiger partial charge in [-0.05, 0) is 52.0 Å². The van der Waals surface area contributed by atoms with Gasteiger partial charge in [0, 0.05) is 18.9 Å². The number of rotatable bonds is 5. The number of carbonyl (C=O) groups is 2. The fourth-order valence-electron chi connectivity index (χ4n) is 4.09. The van der Waals surface area contributed by atoms with Gasteiger partial charge in [0.1, 0.15) is 23.3 Å². The van der Waals surface area contributed by atoms with E-state index < -0.39 is 41.2 Å². The van der Waals surface area contributed by atoms with Crippen LogP contribution in [0.25, 0.3) is 10.9 Å². The van der Waals surface area contributed by atoms with E-state index in [9.17, 15) is 18.8 Å². The number of aromatic nitrogens is 2. The minimum Gasteiger partial charge on any atom is -0.459 e. The van der Waals surface area contributed by atoms with Crippen molar-refractivity contribution in [2.45, 2.75) is 64.3 Å². The molecule has 1 saturated carbocycles. The summed E-state index contributed by atoms with van der Waals surface area (Å²) < 4.78 is 26.4. The highest BCUT2D eigenvalue weighted by Crippen LogP contribution is 2.36. The average Bonchev–Trinajstić information content (AvgIpc) is 2.76. The monoisotopic (exact) mass is 515 g/mol. The first kappa shape index (κ1) is 25.6. The first-order chi connectivity index (χ1) is 16.9. The molecule has 0 saturated heterocycles. The number of carbonyl (C=O) groups excluding carboxylic acids is 2. The van der Waals surface area contributed by atoms with Gasteiger partial charge in [-0.15, -0.1) is 0 Å². The number of alkyl carbamates (subject to hydrolysis) is 1. The molecule has 0 spiro atoms. The molecule has 1 aromatic heterocycles. The predicted octanol–water partition coefficient (Wildman–Crippen LogP) is 5.34. The lowest BCUT2D eigenvalue weighted by molar-refractivity contribution is -0.00944. The molecular weight excluding hydrogens is 489 g/mol. The van der Waals surface area contributed by atoms with Gasteiger partial charge in [-0.1, -0.05) is 29.8 Å². The van der Waals surface area contributed by atoms with Crippen LogP contribution in [0, 0.1) is 5.82 Å². The Hall–Kier alpha value is -3.46. The average molecular weight is 516 g/mol. The van der Waals surface area contributed by atoms with Crippen LogP contribution in [0.5, 0.6) is 0 Å². The van der Waals surface area contributed by atoms with Crippen molar-refractivity contribution < 1.29 is 23.5 Å². The molecule has 0 unspecified atom stereocenters. The van der Waals surface area contributed by atoms with Crippen LogP contribution in [0.2, 0.25) is 5.02 Å². The molecule has 36 heavy (non-hydrogen) atoms. The molecule has 190 valence electrons. The van der Waals surface area contributed by atoms with Crippen LogP contribution in [-0.4, -0.2) is 33.3 Å². The number of hydrogen-bond donors (Lipinski definition) is 1. The van der Waals surface area contributed by atoms with Crippen molar-refractivity contribution in [1.82, 2.24) is 14.9 Å². The summed E-state index contributed by atoms with van der Waals surface area (Å²) in [6.07, 6.45) is -0.352. The Labute approximate surface area is 212 Å². The normalized spacial score (nSPS) is 18.3. The first-order valence-electron chi connectivity index (χ1n) is 11.6. The van der Waals surface area contributed by atoms with E-state index in [0.29, 0.717) is 18.4 Å². The Morgan fingerprint density at radius 1 is 1.19 bits per heavy atom. The lowest BCUT2D eigenvalue weighted by Gasteiger charge is -2.37. The lowest BCUT2D eigenvalue weighted by Crippen LogP contribution is -2.43. The molecule has 4 rings (SSSR count). The number of hydrogen-bond acceptors (Lipinski definition) is 6. The second-order valence-corrected chi connectivity index (χ2v) is 10.2. The summed E-state index contributed by atoms with van der Waals surface area (Å²) in [5, 5.41) is 2.71. The number of nitrogens with one attached hydrogen (secondary N) is 1. The summed E-state index contributed by atoms with van der Waals surface area (Å²) in [5.41, 5.74) is -0.637. The van der Waals surface area contributed by atoms with E-state index in [1.807, 2.05) is 0 Å². The van der Waals surface area contributed by atoms with Gasteiger partial charge in [-0.25, -0.2) is 19.0 Å². The fourth-order valence-corrected chi connectivity index (χ4v) is 4.34. The summed E-state index contributed by atoms with van der Waals surface area (Å²) in [4.78, 5) is 42.8. The van der Waals surface area contributed by atoms with Gasteiger partial charge in [0.2, 0.25) is 0 Å². The van der Waals surface area contributed by atoms with Crippen molar-refractivity contribution in [3.05, 3.63) is 75.0 Å². The number of amides is 1. The van der Waals surface area contributed by atoms with Crippen LogP contribution < -0.4 is 10.9 Å². The lowest BCUT2D eigenvalue weighted by atomic mass is 9.88. The molecule has 1 N–H and O–H groups in total. The van der Waals surface area contributed by atoms with Crippen molar-refractivity contribution in [1.29, 1.82) is 0 Å². The van der Waals surface area contributed by atoms with E-state index in [0.717, 1.165) is 12.1 Å². The molecule has 1 atom stereocenters. The zero-order valence-electron chi connectivity index (χ0n) is 20.4. The third-order valence-electron chi connectivity index (χ3n) is 5.79. The standard InChI is InChI=1S/C26H27ClFN3O5/c1-14(29-25(34)36-26(2,3)4)22-30-21-19(10-16(28)11-20(21)27)23(32)31(22)17-12-18(13-17)35-24(33)15-8-6-5-7-9-15/h5-11,14,17-18H,12-13H2,1-4H3,(H,29,34)/t14-,17-,18-/m0/s1. The van der Waals surface area contributed by atoms with E-state index in [1.54, 1.807) is 58.0 Å². The summed E-state index contributed by atoms with van der Waals surface area (Å²) in [6, 6.07) is 9.69. The van der Waals surface area contributed by atoms with E-state index in [1.165, 1.54) is 4.57 Å². The van der Waals surface area contributed by atoms with Crippen molar-refractivity contribution in [2.75, 3.05) is 0 Å². The van der Waals surface area contributed by atoms with Crippen LogP contribution in [-0.2, 0) is 9.47 Å². The third kappa shape index (κ3) is 5.51. The van der Waals surface area contributed by atoms with Crippen molar-refractivity contribution in [3.8, 4) is 0 Å². The van der Waals surface area contributed by atoms with Gasteiger partial charge < -0.3 is 14.8 Å². The number of nitrogens with zero attached hydrogens (tertiary/aromatic N) is 2. The first-order valence-corrected chi connectivity index (χ1v) is 12.0. The highest BCUT2D eigenvalue weighted by atomic mass is 35.5. The molecule has 1 fully saturated rings. The molecule has 3 aromatic rings. The van der Waals surface area contributed by atoms with Crippen LogP contribution in [0.15, 0.2) is 47.3 Å². The molecule has 1 heterocycles. The topological polar surface area (TPSA) is 99.5 Å². The maximum atomic E-state index is 14.1. The quantitative estimate of drug-likeness (QED) is 0.461. The summed E-state index contributed by atoms with van der Waals surface area (Å²) >= 11 is 6.20. The third-order valence-corrected chi connectivity index (χ3v) is 6.08. The molecule has 0 aliphatic heterocycles. The van der Waals surface area contributed by atoms with Gasteiger partial charge in [0.05, 0.1) is 27.5 Å². The molecule has 2 aromatic carbocycles. The minimum absolute atomic E-state index is 0.0109. The molecular formula is C26H27ClFN3O5. The molecule has 8 nitrogen and oxygen atoms in total. The van der Waals surface area contributed by atoms with Crippen LogP contribution >= 0.6 is 11.6 Å². The zero-order valence-corrected chi connectivity index (χ0v) is 21.1. The van der Waals surface area contributed by atoms with E-state index >= 15 is 0 Å². The summed E-state index contributed by atoms with van der Waals surface area (Å²) in [7, 11) is 0. The van der Waals surface area contributed by atoms with Crippen molar-refractivity contribution >= 4 is 34.6 Å². The summed E-state index contributed by atoms with van der Waals surface area (Å²) in [6.45, 7) is 6.88. The Kier molecular flexibility index (Phi) is 7.04. The Balaban J connectivity index is 1.63. The van der Waals surface area contributed by atoms with Crippen molar-refractivity contribution in [3.63, 3.8) is 0 Å². The number of fused-ring (bicyclic) bond motifs is 1. The minimum atomic E-state index is -0.732. The predicted molar refractivity (Wildman–Crippen MR) is 133 cm³/mol. The van der Waals surface area contributed by atoms with Crippen LogP contribution in [0.4, 0.5) is 9.18 Å². The zero-order chi connectivity index (χ0) is 26.2. The second kappa shape index (κ2) is 9.89. The summed E-state index contributed by atoms with van der Waals surface area (Å²) in [5.74, 6) is -0.865. The highest BCUT2D eigenvalue weighted by Gasteiger charge is 2.37. The largest absolute Gasteiger partial charge is 0.459 e. The van der Waals surface area contributed by atoms with Crippen LogP contribution in [0.3, 0.4) is 0 Å². The Bertz CT molecular complexity index is 1360. The molecule has 0 bridgehead atoms. The molecule has 1 aliphatic carbocycles. The molecule has 1 aliphatic rings. The molecule has 10 heteroatoms. The molecule has 1 amide bonds. The van der Waals surface area contributed by atoms with E-state index in [-0.39, 0.29) is 27.8 Å². The van der Waals surface area contributed by atoms with Gasteiger partial charge in [0.15, 0.2) is 0 Å². The van der Waals surface area contributed by atoms with Gasteiger partial charge in [-0.2, -0.15) is 0 Å². The van der Waals surface area contributed by atoms with Gasteiger partial charge in [0.25, 0.3) is 5.56 Å². The second-order valence-electron chi connectivity index (χ2n) is 9.82. The van der Waals surface area contributed by atoms with Gasteiger partial charge >= 0.3 is 12.1 Å². The Morgan fingerprint density at radius 2 is 1.86 bits per heavy atom.